The van der Waals surface area contributed by atoms with Crippen molar-refractivity contribution in [1.82, 2.24) is 15.5 Å². The number of rotatable bonds is 6. The van der Waals surface area contributed by atoms with Crippen LogP contribution in [-0.4, -0.2) is 48.8 Å². The van der Waals surface area contributed by atoms with Gasteiger partial charge < -0.3 is 20.6 Å². The van der Waals surface area contributed by atoms with Gasteiger partial charge in [0.15, 0.2) is 0 Å². The topological polar surface area (TPSA) is 64.6 Å². The number of nitrogens with zero attached hydrogens (tertiary/aromatic N) is 1. The molecule has 1 saturated heterocycles. The van der Waals surface area contributed by atoms with Gasteiger partial charge in [-0.25, -0.2) is 4.79 Å². The Bertz CT molecular complexity index is 478. The molecule has 1 aromatic carbocycles. The number of piperidine rings is 1. The van der Waals surface area contributed by atoms with Crippen molar-refractivity contribution in [1.29, 1.82) is 0 Å². The number of hydrogen-bond donors (Lipinski definition) is 3. The van der Waals surface area contributed by atoms with E-state index in [2.05, 4.69) is 15.5 Å². The summed E-state index contributed by atoms with van der Waals surface area (Å²) >= 11 is 6.01. The van der Waals surface area contributed by atoms with E-state index in [4.69, 9.17) is 11.6 Å². The molecule has 1 unspecified atom stereocenters. The highest BCUT2D eigenvalue weighted by atomic mass is 35.5. The predicted molar refractivity (Wildman–Crippen MR) is 88.1 cm³/mol. The molecule has 2 rings (SSSR count). The van der Waals surface area contributed by atoms with E-state index in [9.17, 15) is 9.90 Å². The first-order chi connectivity index (χ1) is 10.7. The maximum Gasteiger partial charge on any atom is 0.314 e. The van der Waals surface area contributed by atoms with Gasteiger partial charge >= 0.3 is 6.03 Å². The fraction of sp³-hybridized carbons (Fsp3) is 0.562. The van der Waals surface area contributed by atoms with E-state index in [1.807, 2.05) is 6.07 Å². The number of carbonyl (C=O) groups is 1. The molecule has 1 aromatic rings. The summed E-state index contributed by atoms with van der Waals surface area (Å²) in [6.07, 6.45) is 3.00. The zero-order valence-corrected chi connectivity index (χ0v) is 13.5. The first-order valence-electron chi connectivity index (χ1n) is 7.83. The van der Waals surface area contributed by atoms with Crippen LogP contribution >= 0.6 is 11.6 Å². The molecular formula is C16H24ClN3O2. The summed E-state index contributed by atoms with van der Waals surface area (Å²) in [4.78, 5) is 14.1. The summed E-state index contributed by atoms with van der Waals surface area (Å²) < 4.78 is 0. The van der Waals surface area contributed by atoms with Crippen LogP contribution in [0.4, 0.5) is 4.79 Å². The van der Waals surface area contributed by atoms with E-state index in [0.717, 1.165) is 19.6 Å². The van der Waals surface area contributed by atoms with E-state index in [-0.39, 0.29) is 12.6 Å². The van der Waals surface area contributed by atoms with Crippen LogP contribution in [0.25, 0.3) is 0 Å². The third-order valence-electron chi connectivity index (χ3n) is 3.88. The minimum Gasteiger partial charge on any atom is -0.387 e. The average Bonchev–Trinajstić information content (AvgIpc) is 2.54. The minimum absolute atomic E-state index is 0.138. The number of urea groups is 1. The second kappa shape index (κ2) is 8.98. The van der Waals surface area contributed by atoms with Crippen LogP contribution in [0.1, 0.15) is 30.9 Å². The molecule has 0 bridgehead atoms. The Morgan fingerprint density at radius 3 is 2.68 bits per heavy atom. The summed E-state index contributed by atoms with van der Waals surface area (Å²) in [6, 6.07) is 6.83. The zero-order chi connectivity index (χ0) is 15.8. The molecule has 3 N–H and O–H groups in total. The predicted octanol–water partition coefficient (Wildman–Crippen LogP) is 2.16. The number of amides is 2. The molecule has 6 heteroatoms. The molecule has 5 nitrogen and oxygen atoms in total. The molecule has 0 aromatic heterocycles. The van der Waals surface area contributed by atoms with Gasteiger partial charge in [-0.1, -0.05) is 36.2 Å². The number of carbonyl (C=O) groups excluding carboxylic acids is 1. The lowest BCUT2D eigenvalue weighted by Crippen LogP contribution is -2.42. The number of aliphatic hydroxyl groups excluding tert-OH is 1. The van der Waals surface area contributed by atoms with E-state index in [1.54, 1.807) is 18.2 Å². The number of hydrogen-bond acceptors (Lipinski definition) is 3. The Morgan fingerprint density at radius 1 is 1.23 bits per heavy atom. The molecule has 0 aliphatic carbocycles. The van der Waals surface area contributed by atoms with Crippen molar-refractivity contribution < 1.29 is 9.90 Å². The number of likely N-dealkylation sites (tertiary alicyclic amines) is 1. The lowest BCUT2D eigenvalue weighted by atomic mass is 10.1. The Labute approximate surface area is 136 Å². The van der Waals surface area contributed by atoms with Crippen LogP contribution < -0.4 is 10.6 Å². The molecule has 2 amide bonds. The van der Waals surface area contributed by atoms with Crippen molar-refractivity contribution in [3.63, 3.8) is 0 Å². The summed E-state index contributed by atoms with van der Waals surface area (Å²) in [5.41, 5.74) is 0.623. The van der Waals surface area contributed by atoms with Crippen LogP contribution in [0.2, 0.25) is 5.02 Å². The molecule has 0 radical (unpaired) electrons. The van der Waals surface area contributed by atoms with Gasteiger partial charge in [0.05, 0.1) is 6.10 Å². The number of nitrogens with one attached hydrogen (secondary N) is 2. The monoisotopic (exact) mass is 325 g/mol. The molecule has 1 atom stereocenters. The molecule has 1 fully saturated rings. The molecule has 122 valence electrons. The highest BCUT2D eigenvalue weighted by Crippen LogP contribution is 2.21. The molecular weight excluding hydrogens is 302 g/mol. The first-order valence-corrected chi connectivity index (χ1v) is 8.21. The highest BCUT2D eigenvalue weighted by Gasteiger charge is 2.13. The van der Waals surface area contributed by atoms with E-state index >= 15 is 0 Å². The smallest absolute Gasteiger partial charge is 0.314 e. The average molecular weight is 326 g/mol. The van der Waals surface area contributed by atoms with E-state index < -0.39 is 6.10 Å². The Balaban J connectivity index is 1.63. The largest absolute Gasteiger partial charge is 0.387 e. The Morgan fingerprint density at radius 2 is 1.95 bits per heavy atom. The first kappa shape index (κ1) is 17.1. The SMILES string of the molecule is O=C(NCCN1CCCCC1)NCC(O)c1ccccc1Cl. The molecule has 0 spiro atoms. The van der Waals surface area contributed by atoms with Gasteiger partial charge in [-0.2, -0.15) is 0 Å². The van der Waals surface area contributed by atoms with Crippen LogP contribution in [-0.2, 0) is 0 Å². The zero-order valence-electron chi connectivity index (χ0n) is 12.7. The molecule has 0 saturated carbocycles. The quantitative estimate of drug-likeness (QED) is 0.751. The summed E-state index contributed by atoms with van der Waals surface area (Å²) in [5.74, 6) is 0. The second-order valence-electron chi connectivity index (χ2n) is 5.58. The van der Waals surface area contributed by atoms with Gasteiger partial charge in [-0.05, 0) is 32.0 Å². The Kier molecular flexibility index (Phi) is 6.96. The van der Waals surface area contributed by atoms with Crippen LogP contribution in [0.15, 0.2) is 24.3 Å². The van der Waals surface area contributed by atoms with Gasteiger partial charge in [-0.3, -0.25) is 0 Å². The lowest BCUT2D eigenvalue weighted by molar-refractivity contribution is 0.172. The van der Waals surface area contributed by atoms with Gasteiger partial charge in [0.2, 0.25) is 0 Å². The van der Waals surface area contributed by atoms with Gasteiger partial charge in [-0.15, -0.1) is 0 Å². The van der Waals surface area contributed by atoms with Crippen molar-refractivity contribution in [2.45, 2.75) is 25.4 Å². The van der Waals surface area contributed by atoms with Crippen molar-refractivity contribution >= 4 is 17.6 Å². The molecule has 22 heavy (non-hydrogen) atoms. The van der Waals surface area contributed by atoms with E-state index in [0.29, 0.717) is 17.1 Å². The Hall–Kier alpha value is -1.30. The van der Waals surface area contributed by atoms with Crippen molar-refractivity contribution in [2.24, 2.45) is 0 Å². The number of benzene rings is 1. The molecule has 1 aliphatic rings. The summed E-state index contributed by atoms with van der Waals surface area (Å²) in [5, 5.41) is 16.0. The fourth-order valence-electron chi connectivity index (χ4n) is 2.62. The summed E-state index contributed by atoms with van der Waals surface area (Å²) in [6.45, 7) is 3.87. The summed E-state index contributed by atoms with van der Waals surface area (Å²) in [7, 11) is 0. The number of halogens is 1. The maximum atomic E-state index is 11.7. The van der Waals surface area contributed by atoms with Crippen LogP contribution in [0.3, 0.4) is 0 Å². The van der Waals surface area contributed by atoms with Crippen molar-refractivity contribution in [3.8, 4) is 0 Å². The van der Waals surface area contributed by atoms with Crippen molar-refractivity contribution in [2.75, 3.05) is 32.7 Å². The van der Waals surface area contributed by atoms with Crippen LogP contribution in [0, 0.1) is 0 Å². The van der Waals surface area contributed by atoms with Gasteiger partial charge in [0, 0.05) is 30.2 Å². The van der Waals surface area contributed by atoms with Gasteiger partial charge in [0.25, 0.3) is 0 Å². The molecule has 1 heterocycles. The fourth-order valence-corrected chi connectivity index (χ4v) is 2.88. The molecule has 1 aliphatic heterocycles. The lowest BCUT2D eigenvalue weighted by Gasteiger charge is -2.26. The van der Waals surface area contributed by atoms with Crippen LogP contribution in [0.5, 0.6) is 0 Å². The minimum atomic E-state index is -0.804. The number of aliphatic hydroxyl groups is 1. The van der Waals surface area contributed by atoms with Crippen molar-refractivity contribution in [3.05, 3.63) is 34.9 Å². The standard InChI is InChI=1S/C16H24ClN3O2/c17-14-7-3-2-6-13(14)15(21)12-19-16(22)18-8-11-20-9-4-1-5-10-20/h2-3,6-7,15,21H,1,4-5,8-12H2,(H2,18,19,22). The second-order valence-corrected chi connectivity index (χ2v) is 5.98. The third-order valence-corrected chi connectivity index (χ3v) is 4.23. The maximum absolute atomic E-state index is 11.7. The van der Waals surface area contributed by atoms with Gasteiger partial charge in [0.1, 0.15) is 0 Å². The third kappa shape index (κ3) is 5.48. The highest BCUT2D eigenvalue weighted by molar-refractivity contribution is 6.31. The van der Waals surface area contributed by atoms with E-state index in [1.165, 1.54) is 19.3 Å². The normalized spacial score (nSPS) is 17.0.